The highest BCUT2D eigenvalue weighted by molar-refractivity contribution is 6.25. The Morgan fingerprint density at radius 1 is 0.353 bits per heavy atom. The second kappa shape index (κ2) is 6.85. The molecule has 0 heterocycles. The van der Waals surface area contributed by atoms with Gasteiger partial charge in [0.15, 0.2) is 0 Å². The number of rotatable bonds is 0. The van der Waals surface area contributed by atoms with Crippen molar-refractivity contribution in [2.24, 2.45) is 0 Å². The fourth-order valence-electron chi connectivity index (χ4n) is 7.29. The summed E-state index contributed by atoms with van der Waals surface area (Å²) < 4.78 is 0. The van der Waals surface area contributed by atoms with Crippen molar-refractivity contribution in [1.29, 1.82) is 0 Å². The molecule has 4 aromatic carbocycles. The van der Waals surface area contributed by atoms with E-state index in [-0.39, 0.29) is 0 Å². The lowest BCUT2D eigenvalue weighted by molar-refractivity contribution is 1.19. The van der Waals surface area contributed by atoms with Crippen molar-refractivity contribution in [3.8, 4) is 0 Å². The lowest BCUT2D eigenvalue weighted by Gasteiger charge is -2.26. The van der Waals surface area contributed by atoms with Crippen molar-refractivity contribution in [3.05, 3.63) is 77.9 Å². The average Bonchev–Trinajstić information content (AvgIpc) is 3.37. The Morgan fingerprint density at radius 2 is 0.618 bits per heavy atom. The van der Waals surface area contributed by atoms with Gasteiger partial charge in [-0.05, 0) is 181 Å². The summed E-state index contributed by atoms with van der Waals surface area (Å²) in [6.07, 6.45) is 7.03. The van der Waals surface area contributed by atoms with Gasteiger partial charge in [0.1, 0.15) is 0 Å². The predicted molar refractivity (Wildman–Crippen MR) is 152 cm³/mol. The maximum Gasteiger partial charge on any atom is -0.00542 e. The van der Waals surface area contributed by atoms with E-state index in [1.54, 1.807) is 11.1 Å². The van der Waals surface area contributed by atoms with Crippen molar-refractivity contribution in [2.75, 3.05) is 0 Å². The van der Waals surface area contributed by atoms with Gasteiger partial charge in [0.25, 0.3) is 0 Å². The van der Waals surface area contributed by atoms with Crippen molar-refractivity contribution >= 4 is 44.5 Å². The minimum Gasteiger partial charge on any atom is -0.0683 e. The molecular formula is C34H36. The van der Waals surface area contributed by atoms with Gasteiger partial charge < -0.3 is 0 Å². The smallest absolute Gasteiger partial charge is 0.00542 e. The first kappa shape index (κ1) is 21.7. The van der Waals surface area contributed by atoms with Crippen molar-refractivity contribution < 1.29 is 0 Å². The van der Waals surface area contributed by atoms with Crippen molar-refractivity contribution in [2.45, 2.75) is 82.1 Å². The van der Waals surface area contributed by atoms with Gasteiger partial charge in [0.2, 0.25) is 0 Å². The highest BCUT2D eigenvalue weighted by Gasteiger charge is 2.27. The molecular weight excluding hydrogens is 408 g/mol. The molecule has 6 rings (SSSR count). The van der Waals surface area contributed by atoms with Crippen LogP contribution in [0.25, 0.3) is 44.5 Å². The summed E-state index contributed by atoms with van der Waals surface area (Å²) in [4.78, 5) is 0. The van der Waals surface area contributed by atoms with Crippen LogP contribution in [0.4, 0.5) is 0 Å². The summed E-state index contributed by atoms with van der Waals surface area (Å²) >= 11 is 0. The summed E-state index contributed by atoms with van der Waals surface area (Å²) in [5.41, 5.74) is 20.8. The zero-order valence-corrected chi connectivity index (χ0v) is 22.6. The number of hydrogen-bond donors (Lipinski definition) is 0. The minimum atomic E-state index is 1.08. The van der Waals surface area contributed by atoms with E-state index in [2.05, 4.69) is 81.4 Å². The second-order valence-electron chi connectivity index (χ2n) is 11.4. The Kier molecular flexibility index (Phi) is 4.36. The quantitative estimate of drug-likeness (QED) is 0.237. The highest BCUT2D eigenvalue weighted by Crippen LogP contribution is 2.49. The van der Waals surface area contributed by atoms with Gasteiger partial charge in [-0.15, -0.1) is 0 Å². The number of fused-ring (bicyclic) bond motifs is 9. The first-order chi connectivity index (χ1) is 16.0. The van der Waals surface area contributed by atoms with Gasteiger partial charge in [-0.25, -0.2) is 0 Å². The van der Waals surface area contributed by atoms with Crippen LogP contribution in [0.1, 0.15) is 80.6 Å². The lowest BCUT2D eigenvalue weighted by atomic mass is 9.78. The minimum absolute atomic E-state index is 1.08. The molecule has 0 atom stereocenters. The van der Waals surface area contributed by atoms with E-state index in [0.29, 0.717) is 0 Å². The topological polar surface area (TPSA) is 0 Å². The van der Waals surface area contributed by atoms with E-state index in [1.807, 2.05) is 0 Å². The van der Waals surface area contributed by atoms with Crippen molar-refractivity contribution in [1.82, 2.24) is 0 Å². The first-order valence-electron chi connectivity index (χ1n) is 12.8. The van der Waals surface area contributed by atoms with Crippen LogP contribution in [0.15, 0.2) is 11.1 Å². The average molecular weight is 445 g/mol. The molecule has 2 aliphatic carbocycles. The number of aryl methyl sites for hydroxylation is 6. The standard InChI is InChI=1S/C34H36/c1-15-11-25-17(3)19(5)31-29(27(25)13-15)21(7)23(9)34-32-20(6)18(4)26-12-16(2)14-28(26)30(32)22(8)24(10)33(31)34/h11-12H,13-14H2,1-10H3. The summed E-state index contributed by atoms with van der Waals surface area (Å²) in [5.74, 6) is 0. The molecule has 172 valence electrons. The first-order valence-corrected chi connectivity index (χ1v) is 12.8. The zero-order valence-electron chi connectivity index (χ0n) is 22.6. The summed E-state index contributed by atoms with van der Waals surface area (Å²) in [6, 6.07) is 0. The van der Waals surface area contributed by atoms with Crippen LogP contribution in [0.5, 0.6) is 0 Å². The van der Waals surface area contributed by atoms with E-state index in [0.717, 1.165) is 12.8 Å². The Labute approximate surface area is 204 Å². The maximum atomic E-state index is 2.43. The van der Waals surface area contributed by atoms with Gasteiger partial charge in [0, 0.05) is 0 Å². The van der Waals surface area contributed by atoms with E-state index >= 15 is 0 Å². The van der Waals surface area contributed by atoms with E-state index in [9.17, 15) is 0 Å². The zero-order chi connectivity index (χ0) is 24.4. The lowest BCUT2D eigenvalue weighted by Crippen LogP contribution is -2.04. The molecule has 0 heteroatoms. The van der Waals surface area contributed by atoms with Crippen LogP contribution in [-0.2, 0) is 12.8 Å². The van der Waals surface area contributed by atoms with Crippen LogP contribution in [-0.4, -0.2) is 0 Å². The monoisotopic (exact) mass is 444 g/mol. The molecule has 2 aliphatic rings. The molecule has 0 N–H and O–H groups in total. The Morgan fingerprint density at radius 3 is 0.971 bits per heavy atom. The molecule has 0 unspecified atom stereocenters. The van der Waals surface area contributed by atoms with E-state index in [1.165, 1.54) is 99.1 Å². The summed E-state index contributed by atoms with van der Waals surface area (Å²) in [6.45, 7) is 23.5. The maximum absolute atomic E-state index is 2.43. The number of hydrogen-bond acceptors (Lipinski definition) is 0. The molecule has 0 saturated carbocycles. The van der Waals surface area contributed by atoms with Gasteiger partial charge in [-0.2, -0.15) is 0 Å². The predicted octanol–water partition coefficient (Wildman–Crippen LogP) is 9.53. The molecule has 0 spiro atoms. The molecule has 0 amide bonds. The molecule has 4 aromatic rings. The fourth-order valence-corrected chi connectivity index (χ4v) is 7.29. The van der Waals surface area contributed by atoms with Gasteiger partial charge in [0.05, 0.1) is 0 Å². The third-order valence-corrected chi connectivity index (χ3v) is 9.50. The molecule has 0 fully saturated rings. The van der Waals surface area contributed by atoms with Crippen LogP contribution < -0.4 is 0 Å². The summed E-state index contributed by atoms with van der Waals surface area (Å²) in [7, 11) is 0. The Bertz CT molecular complexity index is 1590. The van der Waals surface area contributed by atoms with Gasteiger partial charge in [-0.3, -0.25) is 0 Å². The molecule has 0 aromatic heterocycles. The van der Waals surface area contributed by atoms with E-state index in [4.69, 9.17) is 0 Å². The van der Waals surface area contributed by atoms with Crippen LogP contribution >= 0.6 is 0 Å². The fraction of sp³-hybridized carbons (Fsp3) is 0.353. The Hall–Kier alpha value is -2.86. The number of benzene rings is 4. The third kappa shape index (κ3) is 2.45. The molecule has 0 aliphatic heterocycles. The normalized spacial score (nSPS) is 14.9. The van der Waals surface area contributed by atoms with Crippen molar-refractivity contribution in [3.63, 3.8) is 0 Å². The van der Waals surface area contributed by atoms with E-state index < -0.39 is 0 Å². The SMILES string of the molecule is CC1=Cc2c(C)c(C)c3c(c(C)c(C)c4c5c(C)c(C)c6c(c5c(C)c(C)c34)CC(C)=C6)c2C1. The highest BCUT2D eigenvalue weighted by atomic mass is 14.3. The molecule has 0 bridgehead atoms. The molecule has 0 nitrogen and oxygen atoms in total. The number of allylic oxidation sites excluding steroid dienone is 2. The Balaban J connectivity index is 1.96. The molecule has 0 saturated heterocycles. The van der Waals surface area contributed by atoms with Gasteiger partial charge in [-0.1, -0.05) is 23.3 Å². The van der Waals surface area contributed by atoms with Crippen LogP contribution in [0, 0.1) is 55.4 Å². The largest absolute Gasteiger partial charge is 0.0683 e. The second-order valence-corrected chi connectivity index (χ2v) is 11.4. The molecule has 0 radical (unpaired) electrons. The van der Waals surface area contributed by atoms with Crippen LogP contribution in [0.2, 0.25) is 0 Å². The molecule has 34 heavy (non-hydrogen) atoms. The van der Waals surface area contributed by atoms with Gasteiger partial charge >= 0.3 is 0 Å². The van der Waals surface area contributed by atoms with Crippen LogP contribution in [0.3, 0.4) is 0 Å². The third-order valence-electron chi connectivity index (χ3n) is 9.50. The summed E-state index contributed by atoms with van der Waals surface area (Å²) in [5, 5.41) is 9.05.